The van der Waals surface area contributed by atoms with Crippen LogP contribution in [-0.4, -0.2) is 37.1 Å². The highest BCUT2D eigenvalue weighted by Crippen LogP contribution is 2.22. The van der Waals surface area contributed by atoms with Crippen molar-refractivity contribution < 1.29 is 23.1 Å². The number of aliphatic carboxylic acids is 1. The predicted octanol–water partition coefficient (Wildman–Crippen LogP) is 1.13. The molecule has 0 radical (unpaired) electrons. The van der Waals surface area contributed by atoms with Crippen molar-refractivity contribution >= 4 is 15.8 Å². The maximum Gasteiger partial charge on any atom is 0.306 e. The summed E-state index contributed by atoms with van der Waals surface area (Å²) in [5, 5.41) is 8.86. The number of ether oxygens (including phenoxy) is 1. The quantitative estimate of drug-likeness (QED) is 0.876. The molecule has 1 heterocycles. The fourth-order valence-electron chi connectivity index (χ4n) is 1.96. The minimum Gasteiger partial charge on any atom is -0.488 e. The van der Waals surface area contributed by atoms with Gasteiger partial charge in [0, 0.05) is 0 Å². The zero-order valence-corrected chi connectivity index (χ0v) is 11.4. The van der Waals surface area contributed by atoms with E-state index >= 15 is 0 Å². The van der Waals surface area contributed by atoms with Crippen molar-refractivity contribution in [1.29, 1.82) is 0 Å². The Morgan fingerprint density at radius 3 is 2.74 bits per heavy atom. The van der Waals surface area contributed by atoms with Crippen LogP contribution >= 0.6 is 0 Å². The average molecular weight is 284 g/mol. The summed E-state index contributed by atoms with van der Waals surface area (Å²) in [6.45, 7) is 1.65. The van der Waals surface area contributed by atoms with Gasteiger partial charge in [0.2, 0.25) is 0 Å². The molecule has 1 aromatic rings. The van der Waals surface area contributed by atoms with Crippen molar-refractivity contribution in [2.75, 3.05) is 11.5 Å². The van der Waals surface area contributed by atoms with Crippen LogP contribution in [0.3, 0.4) is 0 Å². The van der Waals surface area contributed by atoms with Crippen LogP contribution in [0.2, 0.25) is 0 Å². The third-order valence-corrected chi connectivity index (χ3v) is 4.80. The average Bonchev–Trinajstić information content (AvgIpc) is 2.26. The van der Waals surface area contributed by atoms with Crippen LogP contribution in [-0.2, 0) is 21.1 Å². The van der Waals surface area contributed by atoms with E-state index in [1.54, 1.807) is 25.1 Å². The minimum atomic E-state index is -2.89. The van der Waals surface area contributed by atoms with Gasteiger partial charge in [-0.3, -0.25) is 4.79 Å². The van der Waals surface area contributed by atoms with E-state index in [1.807, 2.05) is 6.07 Å². The second kappa shape index (κ2) is 5.21. The molecule has 1 aromatic carbocycles. The Kier molecular flexibility index (Phi) is 3.80. The smallest absolute Gasteiger partial charge is 0.306 e. The first-order valence-electron chi connectivity index (χ1n) is 6.04. The van der Waals surface area contributed by atoms with Crippen LogP contribution < -0.4 is 4.74 Å². The molecule has 2 rings (SSSR count). The van der Waals surface area contributed by atoms with Gasteiger partial charge < -0.3 is 9.84 Å². The molecule has 0 spiro atoms. The van der Waals surface area contributed by atoms with Crippen LogP contribution in [0.4, 0.5) is 0 Å². The molecule has 0 aliphatic carbocycles. The number of hydrogen-bond donors (Lipinski definition) is 1. The van der Waals surface area contributed by atoms with Gasteiger partial charge in [-0.1, -0.05) is 19.1 Å². The van der Waals surface area contributed by atoms with Crippen LogP contribution in [0.1, 0.15) is 12.5 Å². The molecule has 1 aliphatic rings. The molecule has 0 aromatic heterocycles. The minimum absolute atomic E-state index is 0.0583. The van der Waals surface area contributed by atoms with Crippen LogP contribution in [0, 0.1) is 5.92 Å². The van der Waals surface area contributed by atoms with E-state index in [1.165, 1.54) is 0 Å². The molecule has 1 unspecified atom stereocenters. The highest BCUT2D eigenvalue weighted by atomic mass is 32.2. The lowest BCUT2D eigenvalue weighted by atomic mass is 10.0. The molecule has 1 aliphatic heterocycles. The summed E-state index contributed by atoms with van der Waals surface area (Å²) in [4.78, 5) is 10.8. The SMILES string of the molecule is CC(Cc1cccc(OC2CS(=O)(=O)C2)c1)C(=O)O. The van der Waals surface area contributed by atoms with Crippen LogP contribution in [0.15, 0.2) is 24.3 Å². The summed E-state index contributed by atoms with van der Waals surface area (Å²) < 4.78 is 27.6. The largest absolute Gasteiger partial charge is 0.488 e. The lowest BCUT2D eigenvalue weighted by Gasteiger charge is -2.26. The fraction of sp³-hybridized carbons (Fsp3) is 0.462. The van der Waals surface area contributed by atoms with E-state index in [4.69, 9.17) is 9.84 Å². The van der Waals surface area contributed by atoms with Crippen molar-refractivity contribution in [2.24, 2.45) is 5.92 Å². The number of rotatable bonds is 5. The summed E-state index contributed by atoms with van der Waals surface area (Å²) in [5.41, 5.74) is 0.870. The molecular formula is C13H16O5S. The van der Waals surface area contributed by atoms with E-state index in [0.29, 0.717) is 12.2 Å². The molecule has 0 amide bonds. The third kappa shape index (κ3) is 3.70. The summed E-state index contributed by atoms with van der Waals surface area (Å²) in [6, 6.07) is 7.14. The van der Waals surface area contributed by atoms with E-state index in [0.717, 1.165) is 5.56 Å². The van der Waals surface area contributed by atoms with Gasteiger partial charge in [-0.25, -0.2) is 8.42 Å². The molecule has 1 saturated heterocycles. The Morgan fingerprint density at radius 1 is 1.47 bits per heavy atom. The van der Waals surface area contributed by atoms with Crippen molar-refractivity contribution in [3.8, 4) is 5.75 Å². The lowest BCUT2D eigenvalue weighted by molar-refractivity contribution is -0.141. The summed E-state index contributed by atoms with van der Waals surface area (Å²) in [5.74, 6) is -0.586. The number of sulfone groups is 1. The molecule has 0 saturated carbocycles. The second-order valence-corrected chi connectivity index (χ2v) is 7.06. The van der Waals surface area contributed by atoms with Gasteiger partial charge in [-0.2, -0.15) is 0 Å². The Labute approximate surface area is 112 Å². The van der Waals surface area contributed by atoms with Crippen molar-refractivity contribution in [3.63, 3.8) is 0 Å². The molecule has 1 atom stereocenters. The van der Waals surface area contributed by atoms with Gasteiger partial charge in [0.05, 0.1) is 17.4 Å². The second-order valence-electron chi connectivity index (χ2n) is 4.91. The molecule has 1 fully saturated rings. The van der Waals surface area contributed by atoms with E-state index in [2.05, 4.69) is 0 Å². The summed E-state index contributed by atoms with van der Waals surface area (Å²) >= 11 is 0. The van der Waals surface area contributed by atoms with Crippen molar-refractivity contribution in [1.82, 2.24) is 0 Å². The molecule has 104 valence electrons. The van der Waals surface area contributed by atoms with E-state index in [-0.39, 0.29) is 17.6 Å². The third-order valence-electron chi connectivity index (χ3n) is 3.04. The Bertz CT molecular complexity index is 566. The molecule has 1 N–H and O–H groups in total. The number of hydrogen-bond acceptors (Lipinski definition) is 4. The molecule has 5 nitrogen and oxygen atoms in total. The van der Waals surface area contributed by atoms with Crippen molar-refractivity contribution in [3.05, 3.63) is 29.8 Å². The first kappa shape index (κ1) is 13.9. The van der Waals surface area contributed by atoms with Gasteiger partial charge in [0.25, 0.3) is 0 Å². The highest BCUT2D eigenvalue weighted by molar-refractivity contribution is 7.92. The number of carboxylic acid groups (broad SMARTS) is 1. The summed E-state index contributed by atoms with van der Waals surface area (Å²) in [6.07, 6.45) is 0.146. The summed E-state index contributed by atoms with van der Waals surface area (Å²) in [7, 11) is -2.89. The molecule has 19 heavy (non-hydrogen) atoms. The van der Waals surface area contributed by atoms with E-state index < -0.39 is 21.7 Å². The maximum absolute atomic E-state index is 11.0. The number of benzene rings is 1. The topological polar surface area (TPSA) is 80.7 Å². The van der Waals surface area contributed by atoms with Gasteiger partial charge >= 0.3 is 5.97 Å². The lowest BCUT2D eigenvalue weighted by Crippen LogP contribution is -2.45. The fourth-order valence-corrected chi connectivity index (χ4v) is 3.14. The Morgan fingerprint density at radius 2 is 2.16 bits per heavy atom. The van der Waals surface area contributed by atoms with Gasteiger partial charge in [-0.05, 0) is 24.1 Å². The zero-order valence-electron chi connectivity index (χ0n) is 10.6. The standard InChI is InChI=1S/C13H16O5S/c1-9(13(14)15)5-10-3-2-4-11(6-10)18-12-7-19(16,17)8-12/h2-4,6,9,12H,5,7-8H2,1H3,(H,14,15). The number of carboxylic acids is 1. The normalized spacial score (nSPS) is 19.4. The number of carbonyl (C=O) groups is 1. The van der Waals surface area contributed by atoms with Crippen LogP contribution in [0.25, 0.3) is 0 Å². The predicted molar refractivity (Wildman–Crippen MR) is 70.0 cm³/mol. The highest BCUT2D eigenvalue weighted by Gasteiger charge is 2.35. The van der Waals surface area contributed by atoms with Crippen molar-refractivity contribution in [2.45, 2.75) is 19.4 Å². The van der Waals surface area contributed by atoms with E-state index in [9.17, 15) is 13.2 Å². The first-order chi connectivity index (χ1) is 8.85. The molecule has 0 bridgehead atoms. The molecule has 6 heteroatoms. The van der Waals surface area contributed by atoms with Gasteiger partial charge in [-0.15, -0.1) is 0 Å². The van der Waals surface area contributed by atoms with Gasteiger partial charge in [0.15, 0.2) is 9.84 Å². The molecular weight excluding hydrogens is 268 g/mol. The Hall–Kier alpha value is -1.56. The zero-order chi connectivity index (χ0) is 14.0. The monoisotopic (exact) mass is 284 g/mol. The maximum atomic E-state index is 11.0. The van der Waals surface area contributed by atoms with Crippen LogP contribution in [0.5, 0.6) is 5.75 Å². The Balaban J connectivity index is 1.97. The van der Waals surface area contributed by atoms with Gasteiger partial charge in [0.1, 0.15) is 11.9 Å². The first-order valence-corrected chi connectivity index (χ1v) is 7.87.